The highest BCUT2D eigenvalue weighted by Gasteiger charge is 2.13. The van der Waals surface area contributed by atoms with Crippen LogP contribution in [0.1, 0.15) is 5.56 Å². The summed E-state index contributed by atoms with van der Waals surface area (Å²) in [5.74, 6) is 0.525. The number of benzene rings is 1. The zero-order chi connectivity index (χ0) is 14.8. The molecule has 0 unspecified atom stereocenters. The molecule has 0 bridgehead atoms. The Hall–Kier alpha value is -1.78. The second-order valence-corrected chi connectivity index (χ2v) is 5.81. The monoisotopic (exact) mass is 359 g/mol. The third-order valence-corrected chi connectivity index (χ3v) is 3.93. The Bertz CT molecular complexity index is 774. The first kappa shape index (κ1) is 14.2. The normalized spacial score (nSPS) is 10.6. The van der Waals surface area contributed by atoms with Crippen molar-refractivity contribution in [1.82, 2.24) is 15.0 Å². The van der Waals surface area contributed by atoms with E-state index < -0.39 is 0 Å². The first-order valence-corrected chi connectivity index (χ1v) is 7.54. The van der Waals surface area contributed by atoms with Crippen LogP contribution in [0.15, 0.2) is 53.1 Å². The Morgan fingerprint density at radius 1 is 1.00 bits per heavy atom. The summed E-state index contributed by atoms with van der Waals surface area (Å²) < 4.78 is 0.910. The average molecular weight is 361 g/mol. The Morgan fingerprint density at radius 2 is 1.76 bits per heavy atom. The molecule has 104 valence electrons. The van der Waals surface area contributed by atoms with Gasteiger partial charge in [0.05, 0.1) is 5.69 Å². The van der Waals surface area contributed by atoms with Crippen molar-refractivity contribution >= 4 is 27.5 Å². The van der Waals surface area contributed by atoms with E-state index in [1.54, 1.807) is 6.20 Å². The second-order valence-electron chi connectivity index (χ2n) is 4.54. The first-order valence-electron chi connectivity index (χ1n) is 6.36. The molecule has 0 fully saturated rings. The van der Waals surface area contributed by atoms with Crippen molar-refractivity contribution in [2.24, 2.45) is 0 Å². The topological polar surface area (TPSA) is 38.7 Å². The van der Waals surface area contributed by atoms with Gasteiger partial charge in [0.1, 0.15) is 10.8 Å². The molecular weight excluding hydrogens is 350 g/mol. The molecular formula is C16H11BrClN3. The van der Waals surface area contributed by atoms with E-state index in [9.17, 15) is 0 Å². The van der Waals surface area contributed by atoms with Gasteiger partial charge in [-0.2, -0.15) is 0 Å². The van der Waals surface area contributed by atoms with E-state index in [2.05, 4.69) is 30.9 Å². The molecule has 3 nitrogen and oxygen atoms in total. The van der Waals surface area contributed by atoms with Crippen molar-refractivity contribution in [3.8, 4) is 22.8 Å². The maximum atomic E-state index is 6.26. The summed E-state index contributed by atoms with van der Waals surface area (Å²) in [7, 11) is 0. The molecule has 2 heterocycles. The maximum absolute atomic E-state index is 6.26. The van der Waals surface area contributed by atoms with Crippen LogP contribution in [0.4, 0.5) is 0 Å². The molecule has 0 aliphatic carbocycles. The Morgan fingerprint density at radius 3 is 2.43 bits per heavy atom. The van der Waals surface area contributed by atoms with E-state index in [-0.39, 0.29) is 0 Å². The van der Waals surface area contributed by atoms with Crippen LogP contribution >= 0.6 is 27.5 Å². The number of rotatable bonds is 2. The van der Waals surface area contributed by atoms with Gasteiger partial charge in [0, 0.05) is 21.8 Å². The van der Waals surface area contributed by atoms with Crippen LogP contribution in [0.25, 0.3) is 22.8 Å². The molecule has 0 radical (unpaired) electrons. The van der Waals surface area contributed by atoms with Crippen molar-refractivity contribution in [2.75, 3.05) is 0 Å². The molecule has 0 N–H and O–H groups in total. The van der Waals surface area contributed by atoms with Crippen LogP contribution in [0.3, 0.4) is 0 Å². The number of hydrogen-bond acceptors (Lipinski definition) is 3. The molecule has 0 atom stereocenters. The van der Waals surface area contributed by atoms with Crippen LogP contribution in [-0.2, 0) is 0 Å². The fraction of sp³-hybridized carbons (Fsp3) is 0.0625. The summed E-state index contributed by atoms with van der Waals surface area (Å²) in [4.78, 5) is 13.3. The molecule has 0 amide bonds. The fourth-order valence-corrected chi connectivity index (χ4v) is 2.39. The number of aromatic nitrogens is 3. The lowest BCUT2D eigenvalue weighted by atomic mass is 10.1. The van der Waals surface area contributed by atoms with Gasteiger partial charge in [-0.1, -0.05) is 41.9 Å². The predicted molar refractivity (Wildman–Crippen MR) is 88.1 cm³/mol. The van der Waals surface area contributed by atoms with Crippen LogP contribution < -0.4 is 0 Å². The molecule has 0 aliphatic rings. The third kappa shape index (κ3) is 2.96. The van der Waals surface area contributed by atoms with Crippen molar-refractivity contribution in [2.45, 2.75) is 6.92 Å². The molecule has 3 rings (SSSR count). The summed E-state index contributed by atoms with van der Waals surface area (Å²) in [6.07, 6.45) is 1.72. The van der Waals surface area contributed by atoms with Gasteiger partial charge in [0.15, 0.2) is 5.82 Å². The molecule has 2 aromatic heterocycles. The highest BCUT2D eigenvalue weighted by molar-refractivity contribution is 9.10. The zero-order valence-corrected chi connectivity index (χ0v) is 13.6. The Balaban J connectivity index is 2.16. The van der Waals surface area contributed by atoms with E-state index in [4.69, 9.17) is 11.6 Å². The van der Waals surface area contributed by atoms with Gasteiger partial charge < -0.3 is 0 Å². The van der Waals surface area contributed by atoms with E-state index in [1.807, 2.05) is 49.4 Å². The maximum Gasteiger partial charge on any atom is 0.180 e. The van der Waals surface area contributed by atoms with Gasteiger partial charge in [0.2, 0.25) is 0 Å². The number of nitrogens with zero attached hydrogens (tertiary/aromatic N) is 3. The van der Waals surface area contributed by atoms with Gasteiger partial charge in [0.25, 0.3) is 0 Å². The molecule has 21 heavy (non-hydrogen) atoms. The highest BCUT2D eigenvalue weighted by atomic mass is 79.9. The van der Waals surface area contributed by atoms with E-state index in [1.165, 1.54) is 0 Å². The molecule has 5 heteroatoms. The Labute approximate surface area is 136 Å². The lowest BCUT2D eigenvalue weighted by molar-refractivity contribution is 1.11. The summed E-state index contributed by atoms with van der Waals surface area (Å²) in [5.41, 5.74) is 3.40. The fourth-order valence-electron chi connectivity index (χ4n) is 1.99. The quantitative estimate of drug-likeness (QED) is 0.608. The van der Waals surface area contributed by atoms with Crippen LogP contribution in [0.2, 0.25) is 5.15 Å². The van der Waals surface area contributed by atoms with Crippen molar-refractivity contribution in [1.29, 1.82) is 0 Å². The standard InChI is InChI=1S/C16H11BrClN3/c1-10-14(11-5-3-2-4-6-11)20-16(21-15(10)18)13-8-7-12(17)9-19-13/h2-9H,1H3. The van der Waals surface area contributed by atoms with Gasteiger partial charge in [-0.3, -0.25) is 4.98 Å². The molecule has 0 aliphatic heterocycles. The number of hydrogen-bond donors (Lipinski definition) is 0. The summed E-state index contributed by atoms with van der Waals surface area (Å²) in [6, 6.07) is 13.7. The van der Waals surface area contributed by atoms with Crippen LogP contribution in [0.5, 0.6) is 0 Å². The molecule has 1 aromatic carbocycles. The van der Waals surface area contributed by atoms with E-state index in [0.29, 0.717) is 16.7 Å². The highest BCUT2D eigenvalue weighted by Crippen LogP contribution is 2.28. The average Bonchev–Trinajstić information content (AvgIpc) is 2.51. The van der Waals surface area contributed by atoms with E-state index in [0.717, 1.165) is 21.3 Å². The number of halogens is 2. The minimum atomic E-state index is 0.448. The summed E-state index contributed by atoms with van der Waals surface area (Å²) >= 11 is 9.63. The van der Waals surface area contributed by atoms with Gasteiger partial charge in [-0.05, 0) is 35.0 Å². The van der Waals surface area contributed by atoms with Gasteiger partial charge >= 0.3 is 0 Å². The Kier molecular flexibility index (Phi) is 3.99. The number of pyridine rings is 1. The van der Waals surface area contributed by atoms with E-state index >= 15 is 0 Å². The van der Waals surface area contributed by atoms with Crippen molar-refractivity contribution in [3.05, 3.63) is 63.9 Å². The van der Waals surface area contributed by atoms with Crippen molar-refractivity contribution < 1.29 is 0 Å². The van der Waals surface area contributed by atoms with Crippen LogP contribution in [0, 0.1) is 6.92 Å². The lowest BCUT2D eigenvalue weighted by Crippen LogP contribution is -1.98. The molecule has 0 spiro atoms. The minimum Gasteiger partial charge on any atom is -0.252 e. The SMILES string of the molecule is Cc1c(Cl)nc(-c2ccc(Br)cn2)nc1-c1ccccc1. The minimum absolute atomic E-state index is 0.448. The second kappa shape index (κ2) is 5.92. The molecule has 3 aromatic rings. The zero-order valence-electron chi connectivity index (χ0n) is 11.2. The summed E-state index contributed by atoms with van der Waals surface area (Å²) in [6.45, 7) is 1.92. The van der Waals surface area contributed by atoms with Gasteiger partial charge in [-0.25, -0.2) is 9.97 Å². The van der Waals surface area contributed by atoms with Crippen molar-refractivity contribution in [3.63, 3.8) is 0 Å². The van der Waals surface area contributed by atoms with Gasteiger partial charge in [-0.15, -0.1) is 0 Å². The molecule has 0 saturated carbocycles. The lowest BCUT2D eigenvalue weighted by Gasteiger charge is -2.09. The smallest absolute Gasteiger partial charge is 0.180 e. The molecule has 0 saturated heterocycles. The first-order chi connectivity index (χ1) is 10.1. The third-order valence-electron chi connectivity index (χ3n) is 3.09. The van der Waals surface area contributed by atoms with Crippen LogP contribution in [-0.4, -0.2) is 15.0 Å². The largest absolute Gasteiger partial charge is 0.252 e. The summed E-state index contributed by atoms with van der Waals surface area (Å²) in [5, 5.41) is 0.448. The predicted octanol–water partition coefficient (Wildman–Crippen LogP) is 4.93.